The van der Waals surface area contributed by atoms with Gasteiger partial charge < -0.3 is 0 Å². The molecule has 0 heterocycles. The molecule has 2 aliphatic carbocycles. The average molecular weight is 570 g/mol. The summed E-state index contributed by atoms with van der Waals surface area (Å²) >= 11 is 5.08. The van der Waals surface area contributed by atoms with Crippen molar-refractivity contribution in [3.05, 3.63) is 29.8 Å². The summed E-state index contributed by atoms with van der Waals surface area (Å²) in [7, 11) is 0. The fraction of sp³-hybridized carbons (Fsp3) is 0.632. The summed E-state index contributed by atoms with van der Waals surface area (Å²) in [6, 6.07) is 8.85. The second-order valence-electron chi connectivity index (χ2n) is 7.29. The molecule has 134 valence electrons. The first kappa shape index (κ1) is 19.3. The molecule has 0 aliphatic heterocycles. The van der Waals surface area contributed by atoms with Crippen LogP contribution in [0.25, 0.3) is 0 Å². The molecule has 1 aromatic carbocycles. The smallest absolute Gasteiger partial charge is 0.0388 e. The van der Waals surface area contributed by atoms with Gasteiger partial charge in [-0.2, -0.15) is 5.10 Å². The van der Waals surface area contributed by atoms with Gasteiger partial charge in [0.25, 0.3) is 0 Å². The largest absolute Gasteiger partial charge is 0.250 e. The van der Waals surface area contributed by atoms with Crippen LogP contribution in [0.3, 0.4) is 0 Å². The molecule has 0 unspecified atom stereocenters. The van der Waals surface area contributed by atoms with Crippen molar-refractivity contribution in [1.82, 2.24) is 4.83 Å². The Balaban J connectivity index is 1.53. The highest BCUT2D eigenvalue weighted by Gasteiger charge is 2.27. The molecule has 2 aliphatic rings. The van der Waals surface area contributed by atoms with Crippen molar-refractivity contribution < 1.29 is 0 Å². The highest BCUT2D eigenvalue weighted by atomic mass is 127. The number of hydrogen-bond acceptors (Lipinski definition) is 2. The van der Waals surface area contributed by atoms with E-state index in [1.165, 1.54) is 74.0 Å². The number of aryl methyl sites for hydroxylation is 1. The van der Waals surface area contributed by atoms with Gasteiger partial charge in [-0.3, -0.25) is 0 Å². The van der Waals surface area contributed by atoms with Gasteiger partial charge >= 0.3 is 0 Å². The van der Waals surface area contributed by atoms with Gasteiger partial charge in [0.1, 0.15) is 0 Å². The minimum Gasteiger partial charge on any atom is -0.250 e. The molecule has 1 aromatic rings. The van der Waals surface area contributed by atoms with Crippen molar-refractivity contribution in [1.29, 1.82) is 0 Å². The van der Waals surface area contributed by atoms with Crippen LogP contribution in [0.15, 0.2) is 34.3 Å². The molecule has 2 fully saturated rings. The molecule has 0 spiro atoms. The van der Waals surface area contributed by atoms with E-state index in [1.54, 1.807) is 0 Å². The van der Waals surface area contributed by atoms with Gasteiger partial charge in [0, 0.05) is 53.0 Å². The quantitative estimate of drug-likeness (QED) is 0.295. The van der Waals surface area contributed by atoms with Crippen molar-refractivity contribution in [3.8, 4) is 0 Å². The van der Waals surface area contributed by atoms with Gasteiger partial charge in [0.2, 0.25) is 0 Å². The molecule has 2 saturated carbocycles. The predicted molar refractivity (Wildman–Crippen MR) is 124 cm³/mol. The van der Waals surface area contributed by atoms with Crippen molar-refractivity contribution in [2.45, 2.75) is 69.6 Å². The maximum atomic E-state index is 4.82. The molecular weight excluding hydrogens is 542 g/mol. The maximum Gasteiger partial charge on any atom is 0.0388 e. The van der Waals surface area contributed by atoms with E-state index in [0.717, 1.165) is 11.8 Å². The first-order valence-corrected chi connectivity index (χ1v) is 15.9. The van der Waals surface area contributed by atoms with E-state index in [4.69, 9.17) is 5.10 Å². The second kappa shape index (κ2) is 8.93. The summed E-state index contributed by atoms with van der Waals surface area (Å²) in [4.78, 5) is 4.86. The Morgan fingerprint density at radius 3 is 2.12 bits per heavy atom. The van der Waals surface area contributed by atoms with E-state index in [-0.39, 0.29) is 0 Å². The first-order chi connectivity index (χ1) is 11.5. The summed E-state index contributed by atoms with van der Waals surface area (Å²) in [5.74, 6) is 1.98. The van der Waals surface area contributed by atoms with Crippen LogP contribution < -0.4 is 4.83 Å². The lowest BCUT2D eigenvalue weighted by Crippen LogP contribution is -2.24. The van der Waals surface area contributed by atoms with Crippen LogP contribution in [0.5, 0.6) is 0 Å². The fourth-order valence-corrected chi connectivity index (χ4v) is 7.23. The third kappa shape index (κ3) is 5.25. The highest BCUT2D eigenvalue weighted by Crippen LogP contribution is 2.66. The minimum atomic E-state index is -1.11. The molecule has 3 rings (SSSR count). The minimum absolute atomic E-state index is 0.970. The molecule has 24 heavy (non-hydrogen) atoms. The Kier molecular flexibility index (Phi) is 7.17. The average Bonchev–Trinajstić information content (AvgIpc) is 2.62. The number of nitrogens with zero attached hydrogens (tertiary/aromatic N) is 1. The molecule has 5 heteroatoms. The van der Waals surface area contributed by atoms with E-state index in [2.05, 4.69) is 78.4 Å². The molecule has 0 aromatic heterocycles. The monoisotopic (exact) mass is 570 g/mol. The lowest BCUT2D eigenvalue weighted by atomic mass is 9.73. The molecule has 0 radical (unpaired) electrons. The third-order valence-corrected chi connectivity index (χ3v) is 11.0. The zero-order chi connectivity index (χ0) is 17.0. The Morgan fingerprint density at radius 2 is 1.50 bits per heavy atom. The van der Waals surface area contributed by atoms with Gasteiger partial charge in [-0.1, -0.05) is 49.8 Å². The van der Waals surface area contributed by atoms with Gasteiger partial charge in [-0.25, -0.2) is 4.83 Å². The summed E-state index contributed by atoms with van der Waals surface area (Å²) in [6.07, 6.45) is 12.5. The molecule has 0 amide bonds. The number of hydrazone groups is 1. The second-order valence-corrected chi connectivity index (χ2v) is 21.9. The summed E-state index contributed by atoms with van der Waals surface area (Å²) < 4.78 is -1.11. The highest BCUT2D eigenvalue weighted by molar-refractivity contribution is 14.3. The van der Waals surface area contributed by atoms with E-state index >= 15 is 0 Å². The van der Waals surface area contributed by atoms with Crippen molar-refractivity contribution in [3.63, 3.8) is 0 Å². The van der Waals surface area contributed by atoms with Crippen LogP contribution in [0.4, 0.5) is 0 Å². The number of halogens is 2. The van der Waals surface area contributed by atoms with Gasteiger partial charge in [0.15, 0.2) is 0 Å². The number of hydrogen-bond donors (Lipinski definition) is 1. The van der Waals surface area contributed by atoms with E-state index in [9.17, 15) is 0 Å². The fourth-order valence-electron chi connectivity index (χ4n) is 4.05. The summed E-state index contributed by atoms with van der Waals surface area (Å²) in [5.41, 5.74) is 2.70. The van der Waals surface area contributed by atoms with Crippen molar-refractivity contribution in [2.75, 3.05) is 0 Å². The molecule has 2 nitrogen and oxygen atoms in total. The van der Waals surface area contributed by atoms with Crippen LogP contribution in [0.2, 0.25) is 0 Å². The van der Waals surface area contributed by atoms with Gasteiger partial charge in [-0.05, 0) is 61.1 Å². The van der Waals surface area contributed by atoms with E-state index in [0.29, 0.717) is 0 Å². The van der Waals surface area contributed by atoms with Crippen molar-refractivity contribution in [2.24, 2.45) is 16.9 Å². The number of benzene rings is 1. The summed E-state index contributed by atoms with van der Waals surface area (Å²) in [5, 5.41) is 4.82. The van der Waals surface area contributed by atoms with Crippen LogP contribution in [-0.2, 0) is 0 Å². The van der Waals surface area contributed by atoms with Gasteiger partial charge in [-0.15, -0.1) is 0 Å². The zero-order valence-electron chi connectivity index (χ0n) is 14.4. The predicted octanol–water partition coefficient (Wildman–Crippen LogP) is 7.49. The Bertz CT molecular complexity index is 555. The normalized spacial score (nSPS) is 23.8. The van der Waals surface area contributed by atoms with Crippen molar-refractivity contribution >= 4 is 52.7 Å². The molecule has 0 bridgehead atoms. The molecular formula is C19H28I2N2S. The SMILES string of the molecule is Cc1ccc(S(I)(I)NN=C2CCC(C3CCCCC3)CC2)cc1. The van der Waals surface area contributed by atoms with E-state index < -0.39 is 4.56 Å². The lowest BCUT2D eigenvalue weighted by Gasteiger charge is -2.33. The summed E-state index contributed by atoms with van der Waals surface area (Å²) in [6.45, 7) is 2.14. The molecule has 0 saturated heterocycles. The van der Waals surface area contributed by atoms with Gasteiger partial charge in [0.05, 0.1) is 0 Å². The van der Waals surface area contributed by atoms with Crippen LogP contribution in [0.1, 0.15) is 63.4 Å². The lowest BCUT2D eigenvalue weighted by molar-refractivity contribution is 0.221. The van der Waals surface area contributed by atoms with E-state index in [1.807, 2.05) is 0 Å². The zero-order valence-corrected chi connectivity index (χ0v) is 19.6. The molecule has 1 N–H and O–H groups in total. The first-order valence-electron chi connectivity index (χ1n) is 9.16. The third-order valence-electron chi connectivity index (χ3n) is 5.56. The van der Waals surface area contributed by atoms with Crippen LogP contribution in [0, 0.1) is 18.8 Å². The van der Waals surface area contributed by atoms with Crippen LogP contribution >= 0.6 is 47.0 Å². The Morgan fingerprint density at radius 1 is 0.917 bits per heavy atom. The number of rotatable bonds is 4. The Labute approximate surface area is 172 Å². The maximum absolute atomic E-state index is 4.82. The molecule has 0 atom stereocenters. The number of nitrogens with one attached hydrogen (secondary N) is 1. The topological polar surface area (TPSA) is 24.4 Å². The van der Waals surface area contributed by atoms with Crippen LogP contribution in [-0.4, -0.2) is 5.71 Å². The standard InChI is InChI=1S/C19H28I2N2S/c1-15-7-13-19(14-8-15)24(20,21)23-22-18-11-9-17(10-12-18)16-5-3-2-4-6-16/h7-8,13-14,16-17,23H,2-6,9-12H2,1H3. The Hall–Kier alpha value is 0.500.